The second kappa shape index (κ2) is 6.75. The second-order valence-electron chi connectivity index (χ2n) is 4.87. The summed E-state index contributed by atoms with van der Waals surface area (Å²) in [6.45, 7) is 2.24. The minimum absolute atomic E-state index is 0.169. The molecule has 23 heavy (non-hydrogen) atoms. The lowest BCUT2D eigenvalue weighted by Gasteiger charge is -2.09. The second-order valence-corrected chi connectivity index (χ2v) is 5.28. The number of esters is 1. The van der Waals surface area contributed by atoms with Gasteiger partial charge in [0.15, 0.2) is 11.5 Å². The molecule has 4 nitrogen and oxygen atoms in total. The maximum absolute atomic E-state index is 12.3. The van der Waals surface area contributed by atoms with Crippen LogP contribution in [0.5, 0.6) is 11.5 Å². The Labute approximate surface area is 139 Å². The van der Waals surface area contributed by atoms with Gasteiger partial charge in [0.1, 0.15) is 0 Å². The molecule has 3 rings (SSSR count). The van der Waals surface area contributed by atoms with Crippen molar-refractivity contribution in [3.63, 3.8) is 0 Å². The molecule has 0 atom stereocenters. The SMILES string of the molecule is CCOC(=O)C(=Cc1cc2c(cc1Cl)OCO2)c1ccccc1. The van der Waals surface area contributed by atoms with Gasteiger partial charge < -0.3 is 14.2 Å². The van der Waals surface area contributed by atoms with Crippen LogP contribution in [0.1, 0.15) is 18.1 Å². The number of ether oxygens (including phenoxy) is 3. The van der Waals surface area contributed by atoms with Crippen molar-refractivity contribution >= 4 is 29.2 Å². The monoisotopic (exact) mass is 330 g/mol. The van der Waals surface area contributed by atoms with Gasteiger partial charge in [-0.3, -0.25) is 0 Å². The lowest BCUT2D eigenvalue weighted by Crippen LogP contribution is -2.06. The van der Waals surface area contributed by atoms with Gasteiger partial charge in [0.2, 0.25) is 6.79 Å². The van der Waals surface area contributed by atoms with Crippen LogP contribution in [0.2, 0.25) is 5.02 Å². The zero-order chi connectivity index (χ0) is 16.2. The van der Waals surface area contributed by atoms with Crippen molar-refractivity contribution < 1.29 is 19.0 Å². The fraction of sp³-hybridized carbons (Fsp3) is 0.167. The maximum Gasteiger partial charge on any atom is 0.338 e. The van der Waals surface area contributed by atoms with Gasteiger partial charge in [-0.15, -0.1) is 0 Å². The molecule has 0 amide bonds. The van der Waals surface area contributed by atoms with E-state index in [1.807, 2.05) is 30.3 Å². The third-order valence-corrected chi connectivity index (χ3v) is 3.70. The Hall–Kier alpha value is -2.46. The zero-order valence-corrected chi connectivity index (χ0v) is 13.3. The highest BCUT2D eigenvalue weighted by Gasteiger charge is 2.18. The fourth-order valence-electron chi connectivity index (χ4n) is 2.29. The molecule has 1 aliphatic rings. The van der Waals surface area contributed by atoms with Crippen molar-refractivity contribution in [1.82, 2.24) is 0 Å². The number of carbonyl (C=O) groups is 1. The fourth-order valence-corrected chi connectivity index (χ4v) is 2.49. The van der Waals surface area contributed by atoms with Crippen molar-refractivity contribution in [3.8, 4) is 11.5 Å². The normalized spacial score (nSPS) is 13.0. The Morgan fingerprint density at radius 3 is 2.61 bits per heavy atom. The zero-order valence-electron chi connectivity index (χ0n) is 12.5. The molecule has 0 N–H and O–H groups in total. The Bertz CT molecular complexity index is 753. The van der Waals surface area contributed by atoms with Gasteiger partial charge in [-0.2, -0.15) is 0 Å². The summed E-state index contributed by atoms with van der Waals surface area (Å²) in [5.41, 5.74) is 1.87. The minimum Gasteiger partial charge on any atom is -0.462 e. The Kier molecular flexibility index (Phi) is 4.53. The highest BCUT2D eigenvalue weighted by molar-refractivity contribution is 6.33. The summed E-state index contributed by atoms with van der Waals surface area (Å²) in [6.07, 6.45) is 1.71. The van der Waals surface area contributed by atoms with Crippen LogP contribution < -0.4 is 9.47 Å². The summed E-state index contributed by atoms with van der Waals surface area (Å²) in [5.74, 6) is 0.814. The molecule has 0 unspecified atom stereocenters. The van der Waals surface area contributed by atoms with Crippen molar-refractivity contribution in [2.45, 2.75) is 6.92 Å². The lowest BCUT2D eigenvalue weighted by atomic mass is 10.0. The molecule has 2 aromatic rings. The molecule has 0 spiro atoms. The summed E-state index contributed by atoms with van der Waals surface area (Å²) >= 11 is 6.29. The van der Waals surface area contributed by atoms with Crippen LogP contribution in [-0.2, 0) is 9.53 Å². The van der Waals surface area contributed by atoms with E-state index in [1.165, 1.54) is 0 Å². The largest absolute Gasteiger partial charge is 0.462 e. The Morgan fingerprint density at radius 1 is 1.22 bits per heavy atom. The van der Waals surface area contributed by atoms with Gasteiger partial charge in [-0.05, 0) is 30.2 Å². The molecule has 0 bridgehead atoms. The summed E-state index contributed by atoms with van der Waals surface area (Å²) < 4.78 is 15.8. The first-order valence-corrected chi connectivity index (χ1v) is 7.60. The molecule has 5 heteroatoms. The topological polar surface area (TPSA) is 44.8 Å². The Balaban J connectivity index is 2.06. The Morgan fingerprint density at radius 2 is 1.91 bits per heavy atom. The van der Waals surface area contributed by atoms with Gasteiger partial charge in [0.25, 0.3) is 0 Å². The average Bonchev–Trinajstić information content (AvgIpc) is 3.00. The highest BCUT2D eigenvalue weighted by Crippen LogP contribution is 2.38. The molecule has 118 valence electrons. The molecule has 0 saturated carbocycles. The standard InChI is InChI=1S/C18H15ClO4/c1-2-21-18(20)14(12-6-4-3-5-7-12)8-13-9-16-17(10-15(13)19)23-11-22-16/h3-10H,2,11H2,1H3. The van der Waals surface area contributed by atoms with Gasteiger partial charge in [0.05, 0.1) is 17.2 Å². The number of hydrogen-bond acceptors (Lipinski definition) is 4. The third kappa shape index (κ3) is 3.32. The molecule has 0 aliphatic carbocycles. The highest BCUT2D eigenvalue weighted by atomic mass is 35.5. The predicted octanol–water partition coefficient (Wildman–Crippen LogP) is 4.17. The van der Waals surface area contributed by atoms with Crippen LogP contribution in [0, 0.1) is 0 Å². The molecule has 0 fully saturated rings. The van der Waals surface area contributed by atoms with Crippen molar-refractivity contribution in [2.24, 2.45) is 0 Å². The van der Waals surface area contributed by atoms with Gasteiger partial charge in [0, 0.05) is 6.07 Å². The minimum atomic E-state index is -0.396. The molecule has 1 aliphatic heterocycles. The number of benzene rings is 2. The quantitative estimate of drug-likeness (QED) is 0.479. The number of rotatable bonds is 4. The van der Waals surface area contributed by atoms with E-state index < -0.39 is 5.97 Å². The molecule has 1 heterocycles. The predicted molar refractivity (Wildman–Crippen MR) is 88.5 cm³/mol. The number of carbonyl (C=O) groups excluding carboxylic acids is 1. The maximum atomic E-state index is 12.3. The van der Waals surface area contributed by atoms with E-state index in [0.29, 0.717) is 34.3 Å². The molecule has 0 aromatic heterocycles. The summed E-state index contributed by atoms with van der Waals surface area (Å²) in [5, 5.41) is 0.479. The van der Waals surface area contributed by atoms with E-state index in [0.717, 1.165) is 5.56 Å². The van der Waals surface area contributed by atoms with Gasteiger partial charge in [-0.25, -0.2) is 4.79 Å². The van der Waals surface area contributed by atoms with Crippen molar-refractivity contribution in [1.29, 1.82) is 0 Å². The lowest BCUT2D eigenvalue weighted by molar-refractivity contribution is -0.136. The molecule has 2 aromatic carbocycles. The smallest absolute Gasteiger partial charge is 0.338 e. The van der Waals surface area contributed by atoms with Gasteiger partial charge >= 0.3 is 5.97 Å². The first kappa shape index (κ1) is 15.4. The average molecular weight is 331 g/mol. The molecular formula is C18H15ClO4. The first-order valence-electron chi connectivity index (χ1n) is 7.22. The molecule has 0 saturated heterocycles. The number of halogens is 1. The molecule has 0 radical (unpaired) electrons. The van der Waals surface area contributed by atoms with Crippen molar-refractivity contribution in [2.75, 3.05) is 13.4 Å². The summed E-state index contributed by atoms with van der Waals surface area (Å²) in [6, 6.07) is 12.8. The number of hydrogen-bond donors (Lipinski definition) is 0. The molecular weight excluding hydrogens is 316 g/mol. The van der Waals surface area contributed by atoms with Crippen molar-refractivity contribution in [3.05, 3.63) is 58.6 Å². The van der Waals surface area contributed by atoms with Crippen LogP contribution in [0.15, 0.2) is 42.5 Å². The van der Waals surface area contributed by atoms with E-state index in [4.69, 9.17) is 25.8 Å². The van der Waals surface area contributed by atoms with Gasteiger partial charge in [-0.1, -0.05) is 41.9 Å². The van der Waals surface area contributed by atoms with Crippen LogP contribution >= 0.6 is 11.6 Å². The van der Waals surface area contributed by atoms with E-state index in [9.17, 15) is 4.79 Å². The summed E-state index contributed by atoms with van der Waals surface area (Å²) in [4.78, 5) is 12.3. The van der Waals surface area contributed by atoms with E-state index in [1.54, 1.807) is 25.1 Å². The van der Waals surface area contributed by atoms with Crippen LogP contribution in [0.4, 0.5) is 0 Å². The van der Waals surface area contributed by atoms with E-state index >= 15 is 0 Å². The number of fused-ring (bicyclic) bond motifs is 1. The van der Waals surface area contributed by atoms with E-state index in [2.05, 4.69) is 0 Å². The first-order chi connectivity index (χ1) is 11.2. The van der Waals surface area contributed by atoms with E-state index in [-0.39, 0.29) is 6.79 Å². The summed E-state index contributed by atoms with van der Waals surface area (Å²) in [7, 11) is 0. The van der Waals surface area contributed by atoms with Crippen LogP contribution in [0.3, 0.4) is 0 Å². The van der Waals surface area contributed by atoms with Crippen LogP contribution in [0.25, 0.3) is 11.6 Å². The van der Waals surface area contributed by atoms with Crippen LogP contribution in [-0.4, -0.2) is 19.4 Å². The third-order valence-electron chi connectivity index (χ3n) is 3.37.